The molecule has 0 radical (unpaired) electrons. The highest BCUT2D eigenvalue weighted by Crippen LogP contribution is 2.36. The normalized spacial score (nSPS) is 12.0. The standard InChI is InChI=1S/C16H13F6N3O/c1-9(2)7-14(26)23-10-3-5-11(6-4-10)25-13(16(20,21)22)8-12(24-25)15(17,18)19/h3-8H,1-2H3,(H,23,26). The fourth-order valence-corrected chi connectivity index (χ4v) is 2.04. The van der Waals surface area contributed by atoms with Crippen molar-refractivity contribution in [3.63, 3.8) is 0 Å². The molecule has 0 saturated heterocycles. The molecule has 1 aromatic carbocycles. The molecule has 4 nitrogen and oxygen atoms in total. The predicted octanol–water partition coefficient (Wildman–Crippen LogP) is 4.81. The van der Waals surface area contributed by atoms with Gasteiger partial charge in [0.2, 0.25) is 5.91 Å². The molecule has 0 aliphatic carbocycles. The Hall–Kier alpha value is -2.78. The van der Waals surface area contributed by atoms with Gasteiger partial charge in [-0.15, -0.1) is 0 Å². The van der Waals surface area contributed by atoms with Gasteiger partial charge >= 0.3 is 12.4 Å². The van der Waals surface area contributed by atoms with Crippen molar-refractivity contribution in [1.82, 2.24) is 9.78 Å². The highest BCUT2D eigenvalue weighted by atomic mass is 19.4. The number of nitrogens with zero attached hydrogens (tertiary/aromatic N) is 2. The Morgan fingerprint density at radius 2 is 1.62 bits per heavy atom. The Labute approximate surface area is 144 Å². The van der Waals surface area contributed by atoms with E-state index in [4.69, 9.17) is 0 Å². The first kappa shape index (κ1) is 19.5. The van der Waals surface area contributed by atoms with Gasteiger partial charge in [0, 0.05) is 17.8 Å². The van der Waals surface area contributed by atoms with Crippen molar-refractivity contribution < 1.29 is 31.1 Å². The van der Waals surface area contributed by atoms with Gasteiger partial charge in [-0.2, -0.15) is 31.4 Å². The number of benzene rings is 1. The summed E-state index contributed by atoms with van der Waals surface area (Å²) in [4.78, 5) is 11.6. The van der Waals surface area contributed by atoms with Gasteiger partial charge in [-0.3, -0.25) is 4.79 Å². The molecular formula is C16H13F6N3O. The molecule has 0 spiro atoms. The van der Waals surface area contributed by atoms with E-state index in [0.717, 1.165) is 17.7 Å². The lowest BCUT2D eigenvalue weighted by atomic mass is 10.2. The lowest BCUT2D eigenvalue weighted by Gasteiger charge is -2.11. The molecular weight excluding hydrogens is 364 g/mol. The molecule has 0 bridgehead atoms. The van der Waals surface area contributed by atoms with Gasteiger partial charge in [-0.1, -0.05) is 5.57 Å². The molecule has 0 fully saturated rings. The van der Waals surface area contributed by atoms with E-state index in [2.05, 4.69) is 10.4 Å². The summed E-state index contributed by atoms with van der Waals surface area (Å²) in [6.45, 7) is 3.41. The number of rotatable bonds is 3. The van der Waals surface area contributed by atoms with Gasteiger partial charge in [0.25, 0.3) is 0 Å². The summed E-state index contributed by atoms with van der Waals surface area (Å²) in [5.74, 6) is -0.438. The molecule has 1 amide bonds. The highest BCUT2D eigenvalue weighted by Gasteiger charge is 2.42. The van der Waals surface area contributed by atoms with Crippen LogP contribution in [0, 0.1) is 0 Å². The fourth-order valence-electron chi connectivity index (χ4n) is 2.04. The quantitative estimate of drug-likeness (QED) is 0.616. The average molecular weight is 377 g/mol. The summed E-state index contributed by atoms with van der Waals surface area (Å²) in [6, 6.07) is 4.73. The summed E-state index contributed by atoms with van der Waals surface area (Å²) < 4.78 is 77.3. The number of aromatic nitrogens is 2. The molecule has 140 valence electrons. The Kier molecular flexibility index (Phi) is 5.15. The van der Waals surface area contributed by atoms with Crippen molar-refractivity contribution in [3.8, 4) is 5.69 Å². The number of halogens is 6. The number of anilines is 1. The van der Waals surface area contributed by atoms with E-state index in [-0.39, 0.29) is 22.1 Å². The number of alkyl halides is 6. The van der Waals surface area contributed by atoms with Gasteiger partial charge in [0.15, 0.2) is 5.69 Å². The number of nitrogens with one attached hydrogen (secondary N) is 1. The maximum absolute atomic E-state index is 13.0. The zero-order chi connectivity index (χ0) is 19.7. The first-order valence-electron chi connectivity index (χ1n) is 7.18. The minimum atomic E-state index is -5.02. The van der Waals surface area contributed by atoms with Crippen molar-refractivity contribution in [2.45, 2.75) is 26.2 Å². The van der Waals surface area contributed by atoms with Crippen molar-refractivity contribution in [2.24, 2.45) is 0 Å². The summed E-state index contributed by atoms with van der Waals surface area (Å²) >= 11 is 0. The van der Waals surface area contributed by atoms with Crippen LogP contribution in [0.3, 0.4) is 0 Å². The third-order valence-electron chi connectivity index (χ3n) is 3.09. The van der Waals surface area contributed by atoms with Crippen LogP contribution in [0.1, 0.15) is 25.2 Å². The molecule has 0 saturated carbocycles. The fraction of sp³-hybridized carbons (Fsp3) is 0.250. The number of hydrogen-bond donors (Lipinski definition) is 1. The highest BCUT2D eigenvalue weighted by molar-refractivity contribution is 5.99. The van der Waals surface area contributed by atoms with Crippen LogP contribution in [-0.4, -0.2) is 15.7 Å². The largest absolute Gasteiger partial charge is 0.435 e. The molecule has 0 aliphatic rings. The van der Waals surface area contributed by atoms with E-state index in [1.807, 2.05) is 0 Å². The van der Waals surface area contributed by atoms with Crippen LogP contribution in [0.25, 0.3) is 5.69 Å². The Bertz CT molecular complexity index is 827. The molecule has 1 N–H and O–H groups in total. The van der Waals surface area contributed by atoms with E-state index in [1.54, 1.807) is 13.8 Å². The van der Waals surface area contributed by atoms with Crippen molar-refractivity contribution >= 4 is 11.6 Å². The summed E-state index contributed by atoms with van der Waals surface area (Å²) in [7, 11) is 0. The zero-order valence-corrected chi connectivity index (χ0v) is 13.5. The number of carbonyl (C=O) groups is 1. The summed E-state index contributed by atoms with van der Waals surface area (Å²) in [5, 5.41) is 5.50. The van der Waals surface area contributed by atoms with Crippen LogP contribution in [-0.2, 0) is 17.1 Å². The molecule has 10 heteroatoms. The van der Waals surface area contributed by atoms with E-state index < -0.39 is 29.6 Å². The second-order valence-corrected chi connectivity index (χ2v) is 5.58. The van der Waals surface area contributed by atoms with Crippen LogP contribution in [0.15, 0.2) is 42.0 Å². The van der Waals surface area contributed by atoms with Gasteiger partial charge in [-0.25, -0.2) is 4.68 Å². The summed E-state index contributed by atoms with van der Waals surface area (Å²) in [6.07, 6.45) is -8.71. The Balaban J connectivity index is 2.38. The van der Waals surface area contributed by atoms with Crippen LogP contribution in [0.2, 0.25) is 0 Å². The molecule has 2 rings (SSSR count). The Morgan fingerprint density at radius 1 is 1.04 bits per heavy atom. The second kappa shape index (κ2) is 6.85. The first-order chi connectivity index (χ1) is 11.9. The minimum Gasteiger partial charge on any atom is -0.323 e. The van der Waals surface area contributed by atoms with Crippen molar-refractivity contribution in [2.75, 3.05) is 5.32 Å². The molecule has 0 unspecified atom stereocenters. The average Bonchev–Trinajstić information content (AvgIpc) is 2.92. The third kappa shape index (κ3) is 4.64. The molecule has 0 aliphatic heterocycles. The molecule has 0 atom stereocenters. The SMILES string of the molecule is CC(C)=CC(=O)Nc1ccc(-n2nc(C(F)(F)F)cc2C(F)(F)F)cc1. The zero-order valence-electron chi connectivity index (χ0n) is 13.5. The first-order valence-corrected chi connectivity index (χ1v) is 7.18. The predicted molar refractivity (Wildman–Crippen MR) is 81.6 cm³/mol. The number of amides is 1. The third-order valence-corrected chi connectivity index (χ3v) is 3.09. The topological polar surface area (TPSA) is 46.9 Å². The molecule has 1 heterocycles. The van der Waals surface area contributed by atoms with Crippen molar-refractivity contribution in [3.05, 3.63) is 53.4 Å². The van der Waals surface area contributed by atoms with Crippen LogP contribution in [0.4, 0.5) is 32.0 Å². The maximum atomic E-state index is 13.0. The van der Waals surface area contributed by atoms with Gasteiger partial charge in [0.1, 0.15) is 5.69 Å². The monoisotopic (exact) mass is 377 g/mol. The smallest absolute Gasteiger partial charge is 0.323 e. The van der Waals surface area contributed by atoms with Crippen LogP contribution >= 0.6 is 0 Å². The van der Waals surface area contributed by atoms with Gasteiger partial charge < -0.3 is 5.32 Å². The summed E-state index contributed by atoms with van der Waals surface area (Å²) in [5.41, 5.74) is -2.41. The van der Waals surface area contributed by atoms with Crippen LogP contribution < -0.4 is 5.32 Å². The van der Waals surface area contributed by atoms with Gasteiger partial charge in [0.05, 0.1) is 5.69 Å². The van der Waals surface area contributed by atoms with Gasteiger partial charge in [-0.05, 0) is 38.1 Å². The van der Waals surface area contributed by atoms with E-state index >= 15 is 0 Å². The maximum Gasteiger partial charge on any atom is 0.435 e. The molecule has 26 heavy (non-hydrogen) atoms. The molecule has 1 aromatic heterocycles. The van der Waals surface area contributed by atoms with Crippen molar-refractivity contribution in [1.29, 1.82) is 0 Å². The lowest BCUT2D eigenvalue weighted by Crippen LogP contribution is -2.13. The van der Waals surface area contributed by atoms with Crippen LogP contribution in [0.5, 0.6) is 0 Å². The lowest BCUT2D eigenvalue weighted by molar-refractivity contribution is -0.143. The Morgan fingerprint density at radius 3 is 2.08 bits per heavy atom. The van der Waals surface area contributed by atoms with E-state index in [9.17, 15) is 31.1 Å². The number of hydrogen-bond acceptors (Lipinski definition) is 2. The minimum absolute atomic E-state index is 0.0511. The number of allylic oxidation sites excluding steroid dienone is 1. The second-order valence-electron chi connectivity index (χ2n) is 5.58. The number of carbonyl (C=O) groups excluding carboxylic acids is 1. The molecule has 2 aromatic rings. The van der Waals surface area contributed by atoms with E-state index in [1.165, 1.54) is 18.2 Å². The van der Waals surface area contributed by atoms with E-state index in [0.29, 0.717) is 0 Å².